The number of nitrogens with one attached hydrogen (secondary N) is 1. The second-order valence-corrected chi connectivity index (χ2v) is 7.61. The second kappa shape index (κ2) is 6.49. The summed E-state index contributed by atoms with van der Waals surface area (Å²) in [5, 5.41) is 9.72. The number of sulfonamides is 1. The Balaban J connectivity index is 1.75. The van der Waals surface area contributed by atoms with Crippen LogP contribution in [0.5, 0.6) is 0 Å². The van der Waals surface area contributed by atoms with E-state index in [0.29, 0.717) is 32.8 Å². The SMILES string of the molecule is O=S(=O)(c1ccc(N2CCC[C@H](O)C2)[nH+]c1)N1CCOCC1. The molecule has 0 radical (unpaired) electrons. The van der Waals surface area contributed by atoms with Crippen LogP contribution in [0.1, 0.15) is 12.8 Å². The molecular formula is C14H22N3O4S+. The first-order chi connectivity index (χ1) is 10.6. The van der Waals surface area contributed by atoms with E-state index in [4.69, 9.17) is 4.74 Å². The Morgan fingerprint density at radius 2 is 2.00 bits per heavy atom. The van der Waals surface area contributed by atoms with Crippen LogP contribution in [-0.2, 0) is 14.8 Å². The van der Waals surface area contributed by atoms with Crippen molar-refractivity contribution in [2.75, 3.05) is 44.3 Å². The highest BCUT2D eigenvalue weighted by molar-refractivity contribution is 7.89. The largest absolute Gasteiger partial charge is 0.389 e. The van der Waals surface area contributed by atoms with Gasteiger partial charge in [-0.05, 0) is 18.9 Å². The van der Waals surface area contributed by atoms with Crippen molar-refractivity contribution in [1.82, 2.24) is 4.31 Å². The van der Waals surface area contributed by atoms with Crippen LogP contribution >= 0.6 is 0 Å². The molecule has 2 aliphatic rings. The van der Waals surface area contributed by atoms with E-state index in [9.17, 15) is 13.5 Å². The normalized spacial score (nSPS) is 24.4. The molecule has 2 aliphatic heterocycles. The van der Waals surface area contributed by atoms with Crippen molar-refractivity contribution in [1.29, 1.82) is 0 Å². The van der Waals surface area contributed by atoms with Gasteiger partial charge >= 0.3 is 0 Å². The number of hydrogen-bond donors (Lipinski definition) is 1. The molecule has 2 fully saturated rings. The first-order valence-corrected chi connectivity index (χ1v) is 9.04. The van der Waals surface area contributed by atoms with Crippen LogP contribution in [0.3, 0.4) is 0 Å². The van der Waals surface area contributed by atoms with E-state index in [1.54, 1.807) is 12.1 Å². The zero-order valence-electron chi connectivity index (χ0n) is 12.4. The van der Waals surface area contributed by atoms with E-state index in [2.05, 4.69) is 4.98 Å². The van der Waals surface area contributed by atoms with E-state index in [1.165, 1.54) is 10.5 Å². The third-order valence-corrected chi connectivity index (χ3v) is 6.01. The number of ether oxygens (including phenoxy) is 1. The van der Waals surface area contributed by atoms with Gasteiger partial charge in [-0.3, -0.25) is 4.90 Å². The number of aliphatic hydroxyl groups is 1. The van der Waals surface area contributed by atoms with Crippen LogP contribution in [0.15, 0.2) is 23.2 Å². The van der Waals surface area contributed by atoms with Crippen molar-refractivity contribution in [3.63, 3.8) is 0 Å². The van der Waals surface area contributed by atoms with Crippen molar-refractivity contribution >= 4 is 15.8 Å². The summed E-state index contributed by atoms with van der Waals surface area (Å²) in [6.07, 6.45) is 2.96. The van der Waals surface area contributed by atoms with Gasteiger partial charge in [0.15, 0.2) is 0 Å². The van der Waals surface area contributed by atoms with Crippen molar-refractivity contribution in [2.45, 2.75) is 23.8 Å². The second-order valence-electron chi connectivity index (χ2n) is 5.67. The quantitative estimate of drug-likeness (QED) is 0.807. The molecule has 22 heavy (non-hydrogen) atoms. The van der Waals surface area contributed by atoms with Crippen molar-refractivity contribution < 1.29 is 23.2 Å². The molecule has 2 saturated heterocycles. The Morgan fingerprint density at radius 3 is 2.64 bits per heavy atom. The molecule has 2 N–H and O–H groups in total. The van der Waals surface area contributed by atoms with Crippen LogP contribution in [0.2, 0.25) is 0 Å². The van der Waals surface area contributed by atoms with Crippen molar-refractivity contribution in [3.8, 4) is 0 Å². The van der Waals surface area contributed by atoms with Gasteiger partial charge in [0.2, 0.25) is 10.0 Å². The molecule has 0 bridgehead atoms. The Labute approximate surface area is 130 Å². The van der Waals surface area contributed by atoms with Crippen molar-refractivity contribution in [2.24, 2.45) is 0 Å². The zero-order valence-corrected chi connectivity index (χ0v) is 13.3. The third-order valence-electron chi connectivity index (χ3n) is 4.11. The summed E-state index contributed by atoms with van der Waals surface area (Å²) in [6, 6.07) is 3.39. The summed E-state index contributed by atoms with van der Waals surface area (Å²) in [4.78, 5) is 5.35. The van der Waals surface area contributed by atoms with Crippen LogP contribution in [0, 0.1) is 0 Å². The van der Waals surface area contributed by atoms with E-state index >= 15 is 0 Å². The highest BCUT2D eigenvalue weighted by Gasteiger charge is 2.29. The first-order valence-electron chi connectivity index (χ1n) is 7.60. The number of β-amino-alcohol motifs (C(OH)–C–C–N with tert-alkyl or cyclic N) is 1. The average molecular weight is 328 g/mol. The minimum absolute atomic E-state index is 0.260. The van der Waals surface area contributed by atoms with Gasteiger partial charge in [-0.25, -0.2) is 13.4 Å². The van der Waals surface area contributed by atoms with Crippen LogP contribution in [0.25, 0.3) is 0 Å². The number of aromatic amines is 1. The zero-order chi connectivity index (χ0) is 15.6. The molecule has 122 valence electrons. The van der Waals surface area contributed by atoms with E-state index in [-0.39, 0.29) is 11.0 Å². The topological polar surface area (TPSA) is 84.2 Å². The summed E-state index contributed by atoms with van der Waals surface area (Å²) < 4.78 is 31.7. The molecule has 0 spiro atoms. The van der Waals surface area contributed by atoms with Gasteiger partial charge in [0, 0.05) is 19.2 Å². The number of morpholine rings is 1. The van der Waals surface area contributed by atoms with Gasteiger partial charge in [-0.2, -0.15) is 4.31 Å². The number of pyridine rings is 1. The third kappa shape index (κ3) is 3.24. The Kier molecular flexibility index (Phi) is 4.62. The molecule has 1 aromatic heterocycles. The minimum atomic E-state index is -3.47. The van der Waals surface area contributed by atoms with E-state index < -0.39 is 10.0 Å². The number of anilines is 1. The van der Waals surface area contributed by atoms with Gasteiger partial charge in [0.1, 0.15) is 17.6 Å². The first kappa shape index (κ1) is 15.7. The molecule has 3 heterocycles. The molecule has 8 heteroatoms. The molecule has 3 rings (SSSR count). The lowest BCUT2D eigenvalue weighted by atomic mass is 10.1. The van der Waals surface area contributed by atoms with Gasteiger partial charge in [-0.15, -0.1) is 0 Å². The Bertz CT molecular complexity index is 599. The maximum absolute atomic E-state index is 12.5. The molecule has 0 saturated carbocycles. The molecule has 0 aromatic carbocycles. The minimum Gasteiger partial charge on any atom is -0.389 e. The predicted octanol–water partition coefficient (Wildman–Crippen LogP) is -0.517. The summed E-state index contributed by atoms with van der Waals surface area (Å²) in [5.41, 5.74) is 0. The lowest BCUT2D eigenvalue weighted by Crippen LogP contribution is -2.42. The van der Waals surface area contributed by atoms with Gasteiger partial charge in [0.05, 0.1) is 25.9 Å². The van der Waals surface area contributed by atoms with Gasteiger partial charge < -0.3 is 9.84 Å². The fourth-order valence-electron chi connectivity index (χ4n) is 2.87. The summed E-state index contributed by atoms with van der Waals surface area (Å²) in [6.45, 7) is 3.10. The van der Waals surface area contributed by atoms with Crippen LogP contribution in [-0.4, -0.2) is 63.3 Å². The van der Waals surface area contributed by atoms with E-state index in [0.717, 1.165) is 25.2 Å². The summed E-state index contributed by atoms with van der Waals surface area (Å²) in [7, 11) is -3.47. The summed E-state index contributed by atoms with van der Waals surface area (Å²) in [5.74, 6) is 0.833. The van der Waals surface area contributed by atoms with E-state index in [1.807, 2.05) is 4.90 Å². The smallest absolute Gasteiger partial charge is 0.274 e. The van der Waals surface area contributed by atoms with Crippen LogP contribution < -0.4 is 9.88 Å². The molecular weight excluding hydrogens is 306 g/mol. The maximum Gasteiger partial charge on any atom is 0.274 e. The number of nitrogens with zero attached hydrogens (tertiary/aromatic N) is 2. The molecule has 1 aromatic rings. The molecule has 0 unspecified atom stereocenters. The predicted molar refractivity (Wildman–Crippen MR) is 80.0 cm³/mol. The maximum atomic E-state index is 12.5. The average Bonchev–Trinajstić information content (AvgIpc) is 2.56. The fraction of sp³-hybridized carbons (Fsp3) is 0.643. The molecule has 0 aliphatic carbocycles. The molecule has 0 amide bonds. The Hall–Kier alpha value is -1.22. The lowest BCUT2D eigenvalue weighted by Gasteiger charge is -2.26. The standard InChI is InChI=1S/C14H21N3O4S/c18-12-2-1-5-16(11-12)14-4-3-13(10-15-14)22(19,20)17-6-8-21-9-7-17/h3-4,10,12,18H,1-2,5-9,11H2/p+1/t12-/m0/s1. The molecule has 1 atom stereocenters. The van der Waals surface area contributed by atoms with Gasteiger partial charge in [0.25, 0.3) is 5.82 Å². The lowest BCUT2D eigenvalue weighted by molar-refractivity contribution is -0.367. The molecule has 7 nitrogen and oxygen atoms in total. The highest BCUT2D eigenvalue weighted by atomic mass is 32.2. The number of aromatic nitrogens is 1. The monoisotopic (exact) mass is 328 g/mol. The number of rotatable bonds is 3. The van der Waals surface area contributed by atoms with Gasteiger partial charge in [-0.1, -0.05) is 0 Å². The fourth-order valence-corrected chi connectivity index (χ4v) is 4.24. The number of H-pyrrole nitrogens is 1. The van der Waals surface area contributed by atoms with Crippen molar-refractivity contribution in [3.05, 3.63) is 18.3 Å². The number of aliphatic hydroxyl groups excluding tert-OH is 1. The highest BCUT2D eigenvalue weighted by Crippen LogP contribution is 2.19. The Morgan fingerprint density at radius 1 is 1.23 bits per heavy atom. The summed E-state index contributed by atoms with van der Waals surface area (Å²) >= 11 is 0. The number of hydrogen-bond acceptors (Lipinski definition) is 5. The van der Waals surface area contributed by atoms with Crippen LogP contribution in [0.4, 0.5) is 5.82 Å². The number of piperidine rings is 1.